The van der Waals surface area contributed by atoms with Gasteiger partial charge in [-0.05, 0) is 35.9 Å². The van der Waals surface area contributed by atoms with Crippen LogP contribution in [0.25, 0.3) is 0 Å². The summed E-state index contributed by atoms with van der Waals surface area (Å²) in [7, 11) is 1.63. The van der Waals surface area contributed by atoms with Gasteiger partial charge in [0.05, 0.1) is 18.3 Å². The Balaban J connectivity index is 1.71. The van der Waals surface area contributed by atoms with Gasteiger partial charge < -0.3 is 14.4 Å². The fourth-order valence-electron chi connectivity index (χ4n) is 2.69. The normalized spacial score (nSPS) is 10.3. The van der Waals surface area contributed by atoms with Crippen molar-refractivity contribution in [2.45, 2.75) is 13.2 Å². The van der Waals surface area contributed by atoms with Gasteiger partial charge in [0.25, 0.3) is 5.91 Å². The van der Waals surface area contributed by atoms with Crippen molar-refractivity contribution in [2.24, 2.45) is 0 Å². The minimum atomic E-state index is -0.0742. The molecule has 3 rings (SSSR count). The lowest BCUT2D eigenvalue weighted by atomic mass is 10.1. The number of carbonyl (C=O) groups excluding carboxylic acids is 1. The molecule has 1 amide bonds. The van der Waals surface area contributed by atoms with E-state index in [9.17, 15) is 4.79 Å². The first-order valence-electron chi connectivity index (χ1n) is 8.82. The Morgan fingerprint density at radius 3 is 2.71 bits per heavy atom. The highest BCUT2D eigenvalue weighted by Gasteiger charge is 2.16. The zero-order chi connectivity index (χ0) is 19.8. The van der Waals surface area contributed by atoms with Gasteiger partial charge >= 0.3 is 0 Å². The molecule has 0 aliphatic heterocycles. The van der Waals surface area contributed by atoms with Crippen molar-refractivity contribution in [3.63, 3.8) is 0 Å². The molecule has 2 aromatic carbocycles. The fourth-order valence-corrected chi connectivity index (χ4v) is 3.24. The highest BCUT2D eigenvalue weighted by molar-refractivity contribution is 7.07. The van der Waals surface area contributed by atoms with E-state index < -0.39 is 0 Å². The van der Waals surface area contributed by atoms with Gasteiger partial charge in [-0.3, -0.25) is 4.79 Å². The predicted molar refractivity (Wildman–Crippen MR) is 111 cm³/mol. The van der Waals surface area contributed by atoms with Crippen LogP contribution in [-0.4, -0.2) is 29.4 Å². The molecule has 6 heteroatoms. The van der Waals surface area contributed by atoms with Gasteiger partial charge in [-0.2, -0.15) is 0 Å². The lowest BCUT2D eigenvalue weighted by Crippen LogP contribution is -2.30. The van der Waals surface area contributed by atoms with Crippen LogP contribution in [-0.2, 0) is 13.2 Å². The van der Waals surface area contributed by atoms with E-state index in [1.807, 2.05) is 41.8 Å². The minimum absolute atomic E-state index is 0.0742. The van der Waals surface area contributed by atoms with Crippen LogP contribution in [0.5, 0.6) is 11.5 Å². The Kier molecular flexibility index (Phi) is 6.81. The highest BCUT2D eigenvalue weighted by atomic mass is 32.1. The number of nitrogens with zero attached hydrogens (tertiary/aromatic N) is 2. The Morgan fingerprint density at radius 2 is 2.04 bits per heavy atom. The van der Waals surface area contributed by atoms with E-state index in [0.29, 0.717) is 31.0 Å². The summed E-state index contributed by atoms with van der Waals surface area (Å²) in [5.41, 5.74) is 4.23. The van der Waals surface area contributed by atoms with Crippen molar-refractivity contribution in [1.82, 2.24) is 9.88 Å². The topological polar surface area (TPSA) is 51.7 Å². The number of hydrogen-bond donors (Lipinski definition) is 0. The van der Waals surface area contributed by atoms with Crippen LogP contribution < -0.4 is 9.47 Å². The number of thiazole rings is 1. The van der Waals surface area contributed by atoms with Gasteiger partial charge in [0.2, 0.25) is 0 Å². The molecule has 0 saturated heterocycles. The van der Waals surface area contributed by atoms with Crippen LogP contribution in [0.1, 0.15) is 21.6 Å². The smallest absolute Gasteiger partial charge is 0.254 e. The number of carbonyl (C=O) groups is 1. The summed E-state index contributed by atoms with van der Waals surface area (Å²) in [6.45, 7) is 5.09. The molecule has 0 unspecified atom stereocenters. The van der Waals surface area contributed by atoms with Gasteiger partial charge in [0, 0.05) is 24.0 Å². The first kappa shape index (κ1) is 19.6. The Hall–Kier alpha value is -3.12. The molecule has 0 bridgehead atoms. The van der Waals surface area contributed by atoms with Crippen LogP contribution in [0.4, 0.5) is 0 Å². The third-order valence-electron chi connectivity index (χ3n) is 4.12. The summed E-state index contributed by atoms with van der Waals surface area (Å²) in [6.07, 6.45) is 1.73. The van der Waals surface area contributed by atoms with E-state index in [1.165, 1.54) is 11.3 Å². The van der Waals surface area contributed by atoms with Gasteiger partial charge in [-0.25, -0.2) is 4.98 Å². The summed E-state index contributed by atoms with van der Waals surface area (Å²) < 4.78 is 11.0. The van der Waals surface area contributed by atoms with Crippen LogP contribution >= 0.6 is 11.3 Å². The predicted octanol–water partition coefficient (Wildman–Crippen LogP) is 4.56. The Bertz CT molecular complexity index is 908. The van der Waals surface area contributed by atoms with Crippen molar-refractivity contribution in [3.05, 3.63) is 88.9 Å². The number of aromatic nitrogens is 1. The average Bonchev–Trinajstić information content (AvgIpc) is 3.26. The average molecular weight is 394 g/mol. The van der Waals surface area contributed by atoms with Crippen LogP contribution in [0.3, 0.4) is 0 Å². The Labute approximate surface area is 168 Å². The van der Waals surface area contributed by atoms with Crippen molar-refractivity contribution >= 4 is 17.2 Å². The molecule has 0 aliphatic carbocycles. The van der Waals surface area contributed by atoms with E-state index in [0.717, 1.165) is 17.0 Å². The molecule has 0 N–H and O–H groups in total. The minimum Gasteiger partial charge on any atom is -0.497 e. The van der Waals surface area contributed by atoms with Gasteiger partial charge in [0.15, 0.2) is 0 Å². The number of amides is 1. The quantitative estimate of drug-likeness (QED) is 0.499. The summed E-state index contributed by atoms with van der Waals surface area (Å²) >= 11 is 1.53. The van der Waals surface area contributed by atoms with Crippen molar-refractivity contribution < 1.29 is 14.3 Å². The monoisotopic (exact) mass is 394 g/mol. The molecule has 0 spiro atoms. The van der Waals surface area contributed by atoms with E-state index in [-0.39, 0.29) is 5.91 Å². The molecule has 28 heavy (non-hydrogen) atoms. The van der Waals surface area contributed by atoms with Gasteiger partial charge in [-0.15, -0.1) is 17.9 Å². The summed E-state index contributed by atoms with van der Waals surface area (Å²) in [5.74, 6) is 1.35. The molecule has 1 aromatic heterocycles. The number of hydrogen-bond acceptors (Lipinski definition) is 5. The van der Waals surface area contributed by atoms with Gasteiger partial charge in [0.1, 0.15) is 18.1 Å². The van der Waals surface area contributed by atoms with Crippen molar-refractivity contribution in [3.8, 4) is 11.5 Å². The SMILES string of the molecule is C=CCN(Cc1ccc(OC)cc1)C(=O)c1cccc(OCc2cscn2)c1. The number of methoxy groups -OCH3 is 1. The molecule has 144 valence electrons. The second-order valence-electron chi connectivity index (χ2n) is 6.12. The van der Waals surface area contributed by atoms with E-state index in [2.05, 4.69) is 11.6 Å². The summed E-state index contributed by atoms with van der Waals surface area (Å²) in [6, 6.07) is 14.9. The van der Waals surface area contributed by atoms with E-state index in [4.69, 9.17) is 9.47 Å². The van der Waals surface area contributed by atoms with E-state index >= 15 is 0 Å². The molecule has 0 radical (unpaired) electrons. The molecular weight excluding hydrogens is 372 g/mol. The van der Waals surface area contributed by atoms with Gasteiger partial charge in [-0.1, -0.05) is 24.3 Å². The highest BCUT2D eigenvalue weighted by Crippen LogP contribution is 2.19. The second kappa shape index (κ2) is 9.71. The van der Waals surface area contributed by atoms with Crippen LogP contribution in [0.15, 0.2) is 72.1 Å². The molecule has 1 heterocycles. The summed E-state index contributed by atoms with van der Waals surface area (Å²) in [4.78, 5) is 19.0. The first-order chi connectivity index (χ1) is 13.7. The molecule has 0 saturated carbocycles. The van der Waals surface area contributed by atoms with E-state index in [1.54, 1.807) is 35.7 Å². The van der Waals surface area contributed by atoms with Crippen LogP contribution in [0.2, 0.25) is 0 Å². The van der Waals surface area contributed by atoms with Crippen molar-refractivity contribution in [2.75, 3.05) is 13.7 Å². The largest absolute Gasteiger partial charge is 0.497 e. The molecular formula is C22H22N2O3S. The molecule has 3 aromatic rings. The lowest BCUT2D eigenvalue weighted by molar-refractivity contribution is 0.0762. The third kappa shape index (κ3) is 5.20. The molecule has 5 nitrogen and oxygen atoms in total. The molecule has 0 atom stereocenters. The maximum atomic E-state index is 13.0. The maximum Gasteiger partial charge on any atom is 0.254 e. The van der Waals surface area contributed by atoms with Crippen LogP contribution in [0, 0.1) is 0 Å². The fraction of sp³-hybridized carbons (Fsp3) is 0.182. The summed E-state index contributed by atoms with van der Waals surface area (Å²) in [5, 5.41) is 1.94. The first-order valence-corrected chi connectivity index (χ1v) is 9.77. The number of rotatable bonds is 9. The number of ether oxygens (including phenoxy) is 2. The molecule has 0 aliphatic rings. The standard InChI is InChI=1S/C22H22N2O3S/c1-3-11-24(13-17-7-9-20(26-2)10-8-17)22(25)18-5-4-6-21(12-18)27-14-19-15-28-16-23-19/h3-10,12,15-16H,1,11,13-14H2,2H3. The molecule has 0 fully saturated rings. The third-order valence-corrected chi connectivity index (χ3v) is 4.76. The second-order valence-corrected chi connectivity index (χ2v) is 6.84. The lowest BCUT2D eigenvalue weighted by Gasteiger charge is -2.22. The Morgan fingerprint density at radius 1 is 1.21 bits per heavy atom. The maximum absolute atomic E-state index is 13.0. The zero-order valence-corrected chi connectivity index (χ0v) is 16.5. The number of benzene rings is 2. The zero-order valence-electron chi connectivity index (χ0n) is 15.7. The van der Waals surface area contributed by atoms with Crippen molar-refractivity contribution in [1.29, 1.82) is 0 Å².